The van der Waals surface area contributed by atoms with Gasteiger partial charge in [0.15, 0.2) is 0 Å². The summed E-state index contributed by atoms with van der Waals surface area (Å²) in [4.78, 5) is 11.3. The van der Waals surface area contributed by atoms with Crippen molar-refractivity contribution in [1.29, 1.82) is 0 Å². The molecule has 0 amide bonds. The lowest BCUT2D eigenvalue weighted by Gasteiger charge is -2.05. The van der Waals surface area contributed by atoms with E-state index >= 15 is 0 Å². The Morgan fingerprint density at radius 2 is 1.76 bits per heavy atom. The highest BCUT2D eigenvalue weighted by atomic mass is 16.5. The predicted octanol–water partition coefficient (Wildman–Crippen LogP) is 4.54. The molecule has 0 bridgehead atoms. The standard InChI is InChI=1S/C18H24O3/c1-14(2)6-5-7-15(3)12-13-21-17-10-8-16(9-11-17)18(19)20-4/h6,8-12H,5,7,13H2,1-4H3/b15-12+. The van der Waals surface area contributed by atoms with E-state index in [1.54, 1.807) is 24.3 Å². The fourth-order valence-corrected chi connectivity index (χ4v) is 1.78. The average Bonchev–Trinajstić information content (AvgIpc) is 2.46. The van der Waals surface area contributed by atoms with Gasteiger partial charge >= 0.3 is 5.97 Å². The van der Waals surface area contributed by atoms with E-state index in [2.05, 4.69) is 37.7 Å². The zero-order valence-electron chi connectivity index (χ0n) is 13.3. The summed E-state index contributed by atoms with van der Waals surface area (Å²) in [5.74, 6) is 0.410. The second-order valence-electron chi connectivity index (χ2n) is 5.20. The zero-order chi connectivity index (χ0) is 15.7. The van der Waals surface area contributed by atoms with Gasteiger partial charge in [0.05, 0.1) is 12.7 Å². The molecular weight excluding hydrogens is 264 g/mol. The molecule has 0 spiro atoms. The zero-order valence-corrected chi connectivity index (χ0v) is 13.3. The van der Waals surface area contributed by atoms with Gasteiger partial charge in [-0.3, -0.25) is 0 Å². The summed E-state index contributed by atoms with van der Waals surface area (Å²) >= 11 is 0. The van der Waals surface area contributed by atoms with Crippen LogP contribution in [0.25, 0.3) is 0 Å². The molecule has 0 fully saturated rings. The summed E-state index contributed by atoms with van der Waals surface area (Å²) < 4.78 is 10.3. The number of carbonyl (C=O) groups excluding carboxylic acids is 1. The van der Waals surface area contributed by atoms with Crippen LogP contribution in [0.3, 0.4) is 0 Å². The lowest BCUT2D eigenvalue weighted by atomic mass is 10.1. The third-order valence-corrected chi connectivity index (χ3v) is 3.05. The topological polar surface area (TPSA) is 35.5 Å². The molecule has 1 aromatic carbocycles. The maximum atomic E-state index is 11.3. The first kappa shape index (κ1) is 17.0. The van der Waals surface area contributed by atoms with Crippen molar-refractivity contribution >= 4 is 5.97 Å². The predicted molar refractivity (Wildman–Crippen MR) is 85.7 cm³/mol. The first-order valence-electron chi connectivity index (χ1n) is 7.13. The van der Waals surface area contributed by atoms with Gasteiger partial charge in [0.2, 0.25) is 0 Å². The van der Waals surface area contributed by atoms with Crippen LogP contribution in [0.4, 0.5) is 0 Å². The van der Waals surface area contributed by atoms with Gasteiger partial charge < -0.3 is 9.47 Å². The maximum absolute atomic E-state index is 11.3. The van der Waals surface area contributed by atoms with Crippen molar-refractivity contribution in [3.05, 3.63) is 53.1 Å². The third kappa shape index (κ3) is 6.80. The second-order valence-corrected chi connectivity index (χ2v) is 5.20. The summed E-state index contributed by atoms with van der Waals surface area (Å²) in [5, 5.41) is 0. The van der Waals surface area contributed by atoms with Crippen LogP contribution in [0, 0.1) is 0 Å². The van der Waals surface area contributed by atoms with E-state index in [1.165, 1.54) is 18.3 Å². The number of ether oxygens (including phenoxy) is 2. The van der Waals surface area contributed by atoms with Crippen LogP contribution in [0.15, 0.2) is 47.6 Å². The minimum absolute atomic E-state index is 0.337. The van der Waals surface area contributed by atoms with Crippen LogP contribution in [0.2, 0.25) is 0 Å². The van der Waals surface area contributed by atoms with Gasteiger partial charge in [-0.15, -0.1) is 0 Å². The van der Waals surface area contributed by atoms with Crippen molar-refractivity contribution in [1.82, 2.24) is 0 Å². The number of allylic oxidation sites excluding steroid dienone is 3. The van der Waals surface area contributed by atoms with E-state index in [-0.39, 0.29) is 5.97 Å². The first-order valence-corrected chi connectivity index (χ1v) is 7.13. The molecule has 0 atom stereocenters. The Hall–Kier alpha value is -2.03. The number of carbonyl (C=O) groups is 1. The summed E-state index contributed by atoms with van der Waals surface area (Å²) in [6.45, 7) is 6.88. The Kier molecular flexibility index (Phi) is 7.30. The van der Waals surface area contributed by atoms with E-state index in [9.17, 15) is 4.79 Å². The molecule has 3 heteroatoms. The van der Waals surface area contributed by atoms with E-state index in [4.69, 9.17) is 4.74 Å². The van der Waals surface area contributed by atoms with Gasteiger partial charge in [-0.1, -0.05) is 17.2 Å². The molecule has 0 heterocycles. The van der Waals surface area contributed by atoms with Crippen LogP contribution in [0.5, 0.6) is 5.75 Å². The van der Waals surface area contributed by atoms with Crippen molar-refractivity contribution in [3.8, 4) is 5.75 Å². The molecular formula is C18H24O3. The molecule has 21 heavy (non-hydrogen) atoms. The van der Waals surface area contributed by atoms with Crippen molar-refractivity contribution in [2.24, 2.45) is 0 Å². The molecule has 114 valence electrons. The Labute approximate surface area is 127 Å². The molecule has 0 aromatic heterocycles. The highest BCUT2D eigenvalue weighted by Crippen LogP contribution is 2.13. The molecule has 0 aliphatic carbocycles. The van der Waals surface area contributed by atoms with Gasteiger partial charge in [0, 0.05) is 0 Å². The monoisotopic (exact) mass is 288 g/mol. The lowest BCUT2D eigenvalue weighted by Crippen LogP contribution is -2.01. The maximum Gasteiger partial charge on any atom is 0.337 e. The van der Waals surface area contributed by atoms with Gasteiger partial charge in [-0.05, 0) is 64.0 Å². The molecule has 1 aromatic rings. The van der Waals surface area contributed by atoms with E-state index in [0.29, 0.717) is 12.2 Å². The van der Waals surface area contributed by atoms with Gasteiger partial charge in [-0.25, -0.2) is 4.79 Å². The van der Waals surface area contributed by atoms with E-state index in [0.717, 1.165) is 18.6 Å². The van der Waals surface area contributed by atoms with Crippen molar-refractivity contribution in [2.75, 3.05) is 13.7 Å². The largest absolute Gasteiger partial charge is 0.490 e. The minimum Gasteiger partial charge on any atom is -0.490 e. The number of hydrogen-bond donors (Lipinski definition) is 0. The molecule has 3 nitrogen and oxygen atoms in total. The molecule has 0 aliphatic heterocycles. The van der Waals surface area contributed by atoms with Crippen LogP contribution in [-0.2, 0) is 4.74 Å². The summed E-state index contributed by atoms with van der Waals surface area (Å²) in [6.07, 6.45) is 6.45. The third-order valence-electron chi connectivity index (χ3n) is 3.05. The molecule has 0 aliphatic rings. The fourth-order valence-electron chi connectivity index (χ4n) is 1.78. The lowest BCUT2D eigenvalue weighted by molar-refractivity contribution is 0.0600. The normalized spacial score (nSPS) is 11.0. The summed E-state index contributed by atoms with van der Waals surface area (Å²) in [5.41, 5.74) is 3.20. The average molecular weight is 288 g/mol. The van der Waals surface area contributed by atoms with Crippen LogP contribution in [-0.4, -0.2) is 19.7 Å². The minimum atomic E-state index is -0.337. The van der Waals surface area contributed by atoms with Crippen molar-refractivity contribution in [3.63, 3.8) is 0 Å². The molecule has 0 radical (unpaired) electrons. The smallest absolute Gasteiger partial charge is 0.337 e. The van der Waals surface area contributed by atoms with Crippen molar-refractivity contribution in [2.45, 2.75) is 33.6 Å². The second kappa shape index (κ2) is 9.01. The van der Waals surface area contributed by atoms with Crippen LogP contribution in [0.1, 0.15) is 44.0 Å². The summed E-state index contributed by atoms with van der Waals surface area (Å²) in [7, 11) is 1.37. The number of benzene rings is 1. The summed E-state index contributed by atoms with van der Waals surface area (Å²) in [6, 6.07) is 6.95. The Morgan fingerprint density at radius 1 is 1.10 bits per heavy atom. The quantitative estimate of drug-likeness (QED) is 0.545. The number of rotatable bonds is 7. The first-order chi connectivity index (χ1) is 10.0. The van der Waals surface area contributed by atoms with Gasteiger partial charge in [-0.2, -0.15) is 0 Å². The Balaban J connectivity index is 2.41. The molecule has 0 saturated carbocycles. The molecule has 1 rings (SSSR count). The van der Waals surface area contributed by atoms with Crippen LogP contribution < -0.4 is 4.74 Å². The molecule has 0 unspecified atom stereocenters. The van der Waals surface area contributed by atoms with Crippen LogP contribution >= 0.6 is 0 Å². The Morgan fingerprint density at radius 3 is 2.33 bits per heavy atom. The van der Waals surface area contributed by atoms with Crippen molar-refractivity contribution < 1.29 is 14.3 Å². The molecule has 0 saturated heterocycles. The Bertz CT molecular complexity index is 506. The number of hydrogen-bond acceptors (Lipinski definition) is 3. The van der Waals surface area contributed by atoms with Gasteiger partial charge in [0.1, 0.15) is 12.4 Å². The van der Waals surface area contributed by atoms with E-state index in [1.807, 2.05) is 0 Å². The van der Waals surface area contributed by atoms with Gasteiger partial charge in [0.25, 0.3) is 0 Å². The highest BCUT2D eigenvalue weighted by Gasteiger charge is 2.04. The fraction of sp³-hybridized carbons (Fsp3) is 0.389. The van der Waals surface area contributed by atoms with E-state index < -0.39 is 0 Å². The number of methoxy groups -OCH3 is 1. The molecule has 0 N–H and O–H groups in total. The SMILES string of the molecule is COC(=O)c1ccc(OC/C=C(\C)CCC=C(C)C)cc1. The highest BCUT2D eigenvalue weighted by molar-refractivity contribution is 5.89. The number of esters is 1.